The van der Waals surface area contributed by atoms with Crippen molar-refractivity contribution < 1.29 is 13.5 Å². The zero-order chi connectivity index (χ0) is 14.7. The summed E-state index contributed by atoms with van der Waals surface area (Å²) in [6.07, 6.45) is 0. The Hall–Kier alpha value is -0.650. The van der Waals surface area contributed by atoms with Crippen LogP contribution in [0.25, 0.3) is 0 Å². The van der Waals surface area contributed by atoms with Gasteiger partial charge in [0, 0.05) is 14.5 Å². The van der Waals surface area contributed by atoms with Crippen LogP contribution in [0, 0.1) is 0 Å². The smallest absolute Gasteiger partial charge is 0.387 e. The van der Waals surface area contributed by atoms with Crippen molar-refractivity contribution in [1.82, 2.24) is 0 Å². The lowest BCUT2D eigenvalue weighted by molar-refractivity contribution is -0.0504. The van der Waals surface area contributed by atoms with Crippen molar-refractivity contribution in [3.63, 3.8) is 0 Å². The highest BCUT2D eigenvalue weighted by atomic mass is 79.9. The van der Waals surface area contributed by atoms with Gasteiger partial charge in [-0.3, -0.25) is 0 Å². The number of alkyl halides is 3. The normalized spacial score (nSPS) is 12.5. The van der Waals surface area contributed by atoms with E-state index in [-0.39, 0.29) is 5.75 Å². The number of halogens is 5. The predicted molar refractivity (Wildman–Crippen MR) is 82.6 cm³/mol. The molecule has 0 saturated carbocycles. The van der Waals surface area contributed by atoms with Crippen LogP contribution in [-0.2, 0) is 0 Å². The van der Waals surface area contributed by atoms with Gasteiger partial charge in [-0.05, 0) is 29.8 Å². The topological polar surface area (TPSA) is 9.23 Å². The lowest BCUT2D eigenvalue weighted by atomic mass is 10.0. The second kappa shape index (κ2) is 6.87. The minimum Gasteiger partial charge on any atom is -0.434 e. The van der Waals surface area contributed by atoms with Gasteiger partial charge in [0.25, 0.3) is 0 Å². The highest BCUT2D eigenvalue weighted by Gasteiger charge is 2.20. The number of hydrogen-bond donors (Lipinski definition) is 0. The number of ether oxygens (including phenoxy) is 1. The highest BCUT2D eigenvalue weighted by Crippen LogP contribution is 2.39. The molecular formula is C14H9Br2ClF2O. The van der Waals surface area contributed by atoms with E-state index in [1.165, 1.54) is 6.07 Å². The first-order chi connectivity index (χ1) is 9.49. The Morgan fingerprint density at radius 2 is 1.70 bits per heavy atom. The van der Waals surface area contributed by atoms with Crippen molar-refractivity contribution in [3.05, 3.63) is 62.5 Å². The first-order valence-corrected chi connectivity index (χ1v) is 7.64. The summed E-state index contributed by atoms with van der Waals surface area (Å²) in [6, 6.07) is 12.0. The van der Waals surface area contributed by atoms with Gasteiger partial charge in [-0.2, -0.15) is 8.78 Å². The Labute approximate surface area is 137 Å². The molecule has 0 aliphatic heterocycles. The van der Waals surface area contributed by atoms with Crippen LogP contribution < -0.4 is 4.74 Å². The Morgan fingerprint density at radius 1 is 1.00 bits per heavy atom. The van der Waals surface area contributed by atoms with Gasteiger partial charge in [0.05, 0.1) is 5.38 Å². The molecule has 2 aromatic rings. The maximum atomic E-state index is 12.4. The number of para-hydroxylation sites is 1. The third kappa shape index (κ3) is 3.71. The van der Waals surface area contributed by atoms with Crippen LogP contribution in [0.4, 0.5) is 8.78 Å². The zero-order valence-electron chi connectivity index (χ0n) is 9.99. The van der Waals surface area contributed by atoms with Gasteiger partial charge in [0.1, 0.15) is 5.75 Å². The summed E-state index contributed by atoms with van der Waals surface area (Å²) in [5, 5.41) is -0.600. The van der Waals surface area contributed by atoms with E-state index in [9.17, 15) is 8.78 Å². The monoisotopic (exact) mass is 424 g/mol. The average molecular weight is 426 g/mol. The van der Waals surface area contributed by atoms with Gasteiger partial charge in [-0.15, -0.1) is 11.6 Å². The molecule has 0 saturated heterocycles. The number of benzene rings is 2. The molecule has 20 heavy (non-hydrogen) atoms. The van der Waals surface area contributed by atoms with Crippen LogP contribution >= 0.6 is 43.5 Å². The molecule has 1 nitrogen and oxygen atoms in total. The second-order valence-electron chi connectivity index (χ2n) is 3.94. The van der Waals surface area contributed by atoms with Gasteiger partial charge in [-0.25, -0.2) is 0 Å². The molecule has 6 heteroatoms. The van der Waals surface area contributed by atoms with Crippen LogP contribution in [0.2, 0.25) is 0 Å². The van der Waals surface area contributed by atoms with E-state index in [1.807, 2.05) is 18.2 Å². The predicted octanol–water partition coefficient (Wildman–Crippen LogP) is 6.14. The molecule has 0 aromatic heterocycles. The Kier molecular flexibility index (Phi) is 5.41. The lowest BCUT2D eigenvalue weighted by Gasteiger charge is -2.16. The fourth-order valence-electron chi connectivity index (χ4n) is 1.77. The maximum Gasteiger partial charge on any atom is 0.387 e. The van der Waals surface area contributed by atoms with Crippen LogP contribution in [-0.4, -0.2) is 6.61 Å². The molecule has 0 aliphatic carbocycles. The van der Waals surface area contributed by atoms with Crippen molar-refractivity contribution in [2.75, 3.05) is 0 Å². The van der Waals surface area contributed by atoms with Crippen molar-refractivity contribution in [3.8, 4) is 5.75 Å². The van der Waals surface area contributed by atoms with Crippen molar-refractivity contribution >= 4 is 43.5 Å². The van der Waals surface area contributed by atoms with E-state index in [1.54, 1.807) is 18.2 Å². The van der Waals surface area contributed by atoms with Gasteiger partial charge >= 0.3 is 6.61 Å². The standard InChI is InChI=1S/C14H9Br2ClF2O/c15-8-5-6-11(16)10(7-8)13(17)9-3-1-2-4-12(9)20-14(18)19/h1-7,13-14H. The molecule has 0 aliphatic rings. The van der Waals surface area contributed by atoms with Gasteiger partial charge in [0.15, 0.2) is 0 Å². The van der Waals surface area contributed by atoms with Crippen molar-refractivity contribution in [1.29, 1.82) is 0 Å². The van der Waals surface area contributed by atoms with E-state index in [4.69, 9.17) is 11.6 Å². The average Bonchev–Trinajstić information content (AvgIpc) is 2.41. The van der Waals surface area contributed by atoms with E-state index >= 15 is 0 Å². The van der Waals surface area contributed by atoms with E-state index < -0.39 is 12.0 Å². The molecule has 106 valence electrons. The molecular weight excluding hydrogens is 417 g/mol. The maximum absolute atomic E-state index is 12.4. The number of rotatable bonds is 4. The minimum atomic E-state index is -2.88. The molecule has 0 spiro atoms. The summed E-state index contributed by atoms with van der Waals surface area (Å²) in [4.78, 5) is 0. The molecule has 0 radical (unpaired) electrons. The van der Waals surface area contributed by atoms with Gasteiger partial charge in [-0.1, -0.05) is 50.1 Å². The van der Waals surface area contributed by atoms with E-state index in [0.29, 0.717) is 5.56 Å². The first kappa shape index (κ1) is 15.7. The lowest BCUT2D eigenvalue weighted by Crippen LogP contribution is -2.06. The molecule has 0 amide bonds. The van der Waals surface area contributed by atoms with E-state index in [0.717, 1.165) is 14.5 Å². The van der Waals surface area contributed by atoms with Gasteiger partial charge < -0.3 is 4.74 Å². The summed E-state index contributed by atoms with van der Waals surface area (Å²) in [5.74, 6) is 0.0781. The van der Waals surface area contributed by atoms with Crippen molar-refractivity contribution in [2.24, 2.45) is 0 Å². The molecule has 1 unspecified atom stereocenters. The molecule has 0 N–H and O–H groups in total. The second-order valence-corrected chi connectivity index (χ2v) is 6.15. The molecule has 2 aromatic carbocycles. The van der Waals surface area contributed by atoms with Crippen LogP contribution in [0.1, 0.15) is 16.5 Å². The fourth-order valence-corrected chi connectivity index (χ4v) is 3.12. The largest absolute Gasteiger partial charge is 0.434 e. The minimum absolute atomic E-state index is 0.0781. The Balaban J connectivity index is 2.42. The van der Waals surface area contributed by atoms with Crippen LogP contribution in [0.5, 0.6) is 5.75 Å². The molecule has 1 atom stereocenters. The fraction of sp³-hybridized carbons (Fsp3) is 0.143. The van der Waals surface area contributed by atoms with Crippen LogP contribution in [0.3, 0.4) is 0 Å². The number of hydrogen-bond acceptors (Lipinski definition) is 1. The van der Waals surface area contributed by atoms with Crippen molar-refractivity contribution in [2.45, 2.75) is 12.0 Å². The molecule has 0 bridgehead atoms. The van der Waals surface area contributed by atoms with Crippen LogP contribution in [0.15, 0.2) is 51.4 Å². The third-order valence-corrected chi connectivity index (χ3v) is 4.32. The third-order valence-electron chi connectivity index (χ3n) is 2.64. The highest BCUT2D eigenvalue weighted by molar-refractivity contribution is 9.11. The summed E-state index contributed by atoms with van der Waals surface area (Å²) in [7, 11) is 0. The summed E-state index contributed by atoms with van der Waals surface area (Å²) >= 11 is 13.2. The molecule has 0 fully saturated rings. The summed E-state index contributed by atoms with van der Waals surface area (Å²) < 4.78 is 31.0. The Bertz CT molecular complexity index is 607. The van der Waals surface area contributed by atoms with Gasteiger partial charge in [0.2, 0.25) is 0 Å². The Morgan fingerprint density at radius 3 is 2.40 bits per heavy atom. The quantitative estimate of drug-likeness (QED) is 0.534. The summed E-state index contributed by atoms with van der Waals surface area (Å²) in [5.41, 5.74) is 1.26. The molecule has 2 rings (SSSR count). The van der Waals surface area contributed by atoms with E-state index in [2.05, 4.69) is 36.6 Å². The zero-order valence-corrected chi connectivity index (χ0v) is 13.9. The summed E-state index contributed by atoms with van der Waals surface area (Å²) in [6.45, 7) is -2.88. The molecule has 0 heterocycles. The first-order valence-electron chi connectivity index (χ1n) is 5.62. The SMILES string of the molecule is FC(F)Oc1ccccc1C(Cl)c1cc(Br)ccc1Br.